The maximum atomic E-state index is 12.4. The van der Waals surface area contributed by atoms with Gasteiger partial charge in [-0.3, -0.25) is 14.9 Å². The summed E-state index contributed by atoms with van der Waals surface area (Å²) in [6.07, 6.45) is 1.09. The number of carbonyl (C=O) groups excluding carboxylic acids is 2. The lowest BCUT2D eigenvalue weighted by molar-refractivity contribution is -0.121. The molecule has 4 heteroatoms. The molecule has 2 aromatic carbocycles. The third-order valence-electron chi connectivity index (χ3n) is 3.58. The summed E-state index contributed by atoms with van der Waals surface area (Å²) >= 11 is 1.11. The van der Waals surface area contributed by atoms with Crippen LogP contribution in [0.2, 0.25) is 0 Å². The maximum Gasteiger partial charge on any atom is 0.286 e. The molecule has 0 spiro atoms. The van der Waals surface area contributed by atoms with Crippen molar-refractivity contribution in [2.24, 2.45) is 0 Å². The van der Waals surface area contributed by atoms with Crippen LogP contribution in [0.1, 0.15) is 11.1 Å². The number of thioether (sulfide) groups is 1. The van der Waals surface area contributed by atoms with Crippen molar-refractivity contribution in [3.63, 3.8) is 0 Å². The first-order chi connectivity index (χ1) is 10.2. The first-order valence-corrected chi connectivity index (χ1v) is 7.62. The predicted molar refractivity (Wildman–Crippen MR) is 84.2 cm³/mol. The molecule has 3 nitrogen and oxygen atoms in total. The quantitative estimate of drug-likeness (QED) is 0.942. The van der Waals surface area contributed by atoms with Gasteiger partial charge in [-0.1, -0.05) is 60.7 Å². The van der Waals surface area contributed by atoms with E-state index in [1.807, 2.05) is 60.7 Å². The van der Waals surface area contributed by atoms with Crippen molar-refractivity contribution in [2.75, 3.05) is 0 Å². The summed E-state index contributed by atoms with van der Waals surface area (Å²) in [5.41, 5.74) is 2.12. The molecule has 21 heavy (non-hydrogen) atoms. The van der Waals surface area contributed by atoms with Gasteiger partial charge >= 0.3 is 0 Å². The zero-order valence-corrected chi connectivity index (χ0v) is 12.2. The fraction of sp³-hybridized carbons (Fsp3) is 0.176. The van der Waals surface area contributed by atoms with Crippen LogP contribution >= 0.6 is 11.8 Å². The second-order valence-electron chi connectivity index (χ2n) is 5.16. The van der Waals surface area contributed by atoms with E-state index in [-0.39, 0.29) is 11.1 Å². The number of hydrogen-bond acceptors (Lipinski definition) is 3. The Kier molecular flexibility index (Phi) is 3.80. The van der Waals surface area contributed by atoms with Crippen molar-refractivity contribution < 1.29 is 9.59 Å². The molecule has 3 rings (SSSR count). The lowest BCUT2D eigenvalue weighted by Crippen LogP contribution is -2.40. The SMILES string of the molecule is O=C1NC(=O)C(Cc2ccccc2)(Cc2ccccc2)S1. The second-order valence-corrected chi connectivity index (χ2v) is 6.52. The summed E-state index contributed by atoms with van der Waals surface area (Å²) in [6, 6.07) is 19.6. The molecular formula is C17H15NO2S. The number of nitrogens with one attached hydrogen (secondary N) is 1. The van der Waals surface area contributed by atoms with E-state index in [0.29, 0.717) is 12.8 Å². The van der Waals surface area contributed by atoms with Gasteiger partial charge in [0.05, 0.1) is 0 Å². The second kappa shape index (κ2) is 5.74. The van der Waals surface area contributed by atoms with Crippen molar-refractivity contribution in [3.05, 3.63) is 71.8 Å². The Bertz CT molecular complexity index is 614. The van der Waals surface area contributed by atoms with E-state index >= 15 is 0 Å². The Morgan fingerprint density at radius 2 is 1.29 bits per heavy atom. The molecule has 106 valence electrons. The Hall–Kier alpha value is -2.07. The normalized spacial score (nSPS) is 16.8. The molecule has 0 aromatic heterocycles. The van der Waals surface area contributed by atoms with E-state index in [0.717, 1.165) is 22.9 Å². The molecular weight excluding hydrogens is 282 g/mol. The number of rotatable bonds is 4. The number of hydrogen-bond donors (Lipinski definition) is 1. The zero-order valence-electron chi connectivity index (χ0n) is 11.4. The number of amides is 2. The highest BCUT2D eigenvalue weighted by molar-refractivity contribution is 8.16. The van der Waals surface area contributed by atoms with Crippen LogP contribution in [0.4, 0.5) is 4.79 Å². The van der Waals surface area contributed by atoms with Crippen LogP contribution < -0.4 is 5.32 Å². The van der Waals surface area contributed by atoms with Crippen molar-refractivity contribution in [2.45, 2.75) is 17.6 Å². The highest BCUT2D eigenvalue weighted by Crippen LogP contribution is 2.38. The van der Waals surface area contributed by atoms with Crippen LogP contribution in [0, 0.1) is 0 Å². The fourth-order valence-corrected chi connectivity index (χ4v) is 3.72. The van der Waals surface area contributed by atoms with Crippen molar-refractivity contribution in [3.8, 4) is 0 Å². The molecule has 1 saturated heterocycles. The molecule has 0 bridgehead atoms. The Morgan fingerprint density at radius 1 is 0.810 bits per heavy atom. The lowest BCUT2D eigenvalue weighted by atomic mass is 9.91. The molecule has 0 aliphatic carbocycles. The van der Waals surface area contributed by atoms with Gasteiger partial charge in [-0.2, -0.15) is 0 Å². The number of benzene rings is 2. The van der Waals surface area contributed by atoms with E-state index in [1.54, 1.807) is 0 Å². The van der Waals surface area contributed by atoms with Crippen molar-refractivity contribution in [1.82, 2.24) is 5.32 Å². The smallest absolute Gasteiger partial charge is 0.286 e. The Balaban J connectivity index is 1.92. The summed E-state index contributed by atoms with van der Waals surface area (Å²) in [6.45, 7) is 0. The summed E-state index contributed by atoms with van der Waals surface area (Å²) in [4.78, 5) is 24.0. The molecule has 0 atom stereocenters. The largest absolute Gasteiger partial charge is 0.286 e. The van der Waals surface area contributed by atoms with E-state index in [4.69, 9.17) is 0 Å². The minimum absolute atomic E-state index is 0.190. The summed E-state index contributed by atoms with van der Waals surface area (Å²) < 4.78 is -0.750. The van der Waals surface area contributed by atoms with Crippen LogP contribution in [-0.2, 0) is 17.6 Å². The fourth-order valence-electron chi connectivity index (χ4n) is 2.60. The van der Waals surface area contributed by atoms with Gasteiger partial charge in [-0.25, -0.2) is 0 Å². The lowest BCUT2D eigenvalue weighted by Gasteiger charge is -2.24. The third kappa shape index (κ3) is 3.00. The molecule has 1 N–H and O–H groups in total. The standard InChI is InChI=1S/C17H15NO2S/c19-15-17(21-16(20)18-15,11-13-7-3-1-4-8-13)12-14-9-5-2-6-10-14/h1-10H,11-12H2,(H,18,19,20). The van der Waals surface area contributed by atoms with Crippen LogP contribution in [-0.4, -0.2) is 15.9 Å². The molecule has 1 heterocycles. The van der Waals surface area contributed by atoms with Gasteiger partial charge < -0.3 is 0 Å². The molecule has 1 aliphatic heterocycles. The number of carbonyl (C=O) groups is 2. The monoisotopic (exact) mass is 297 g/mol. The molecule has 0 saturated carbocycles. The molecule has 0 radical (unpaired) electrons. The molecule has 0 unspecified atom stereocenters. The van der Waals surface area contributed by atoms with Crippen LogP contribution in [0.3, 0.4) is 0 Å². The average Bonchev–Trinajstić information content (AvgIpc) is 2.75. The van der Waals surface area contributed by atoms with Gasteiger partial charge in [0.1, 0.15) is 4.75 Å². The third-order valence-corrected chi connectivity index (χ3v) is 4.73. The van der Waals surface area contributed by atoms with Crippen LogP contribution in [0.5, 0.6) is 0 Å². The van der Waals surface area contributed by atoms with E-state index in [1.165, 1.54) is 0 Å². The first-order valence-electron chi connectivity index (χ1n) is 6.80. The molecule has 1 aliphatic rings. The summed E-state index contributed by atoms with van der Waals surface area (Å²) in [5, 5.41) is 2.18. The van der Waals surface area contributed by atoms with Gasteiger partial charge in [0.2, 0.25) is 5.91 Å². The average molecular weight is 297 g/mol. The minimum atomic E-state index is -0.750. The topological polar surface area (TPSA) is 46.2 Å². The zero-order chi connectivity index (χ0) is 14.7. The van der Waals surface area contributed by atoms with E-state index in [2.05, 4.69) is 5.32 Å². The Morgan fingerprint density at radius 3 is 1.67 bits per heavy atom. The maximum absolute atomic E-state index is 12.4. The van der Waals surface area contributed by atoms with E-state index in [9.17, 15) is 9.59 Å². The van der Waals surface area contributed by atoms with E-state index < -0.39 is 4.75 Å². The highest BCUT2D eigenvalue weighted by atomic mass is 32.2. The number of imide groups is 1. The molecule has 2 amide bonds. The summed E-state index contributed by atoms with van der Waals surface area (Å²) in [7, 11) is 0. The van der Waals surface area contributed by atoms with Gasteiger partial charge in [0.15, 0.2) is 0 Å². The van der Waals surface area contributed by atoms with Crippen molar-refractivity contribution in [1.29, 1.82) is 0 Å². The predicted octanol–water partition coefficient (Wildman–Crippen LogP) is 3.19. The summed E-state index contributed by atoms with van der Waals surface area (Å²) in [5.74, 6) is -0.190. The van der Waals surface area contributed by atoms with Crippen LogP contribution in [0.15, 0.2) is 60.7 Å². The molecule has 1 fully saturated rings. The van der Waals surface area contributed by atoms with Crippen molar-refractivity contribution >= 4 is 22.9 Å². The van der Waals surface area contributed by atoms with Crippen LogP contribution in [0.25, 0.3) is 0 Å². The minimum Gasteiger partial charge on any atom is -0.286 e. The Labute approximate surface area is 127 Å². The first kappa shape index (κ1) is 13.9. The van der Waals surface area contributed by atoms with Gasteiger partial charge in [0, 0.05) is 0 Å². The van der Waals surface area contributed by atoms with Gasteiger partial charge in [-0.15, -0.1) is 0 Å². The van der Waals surface area contributed by atoms with Gasteiger partial charge in [-0.05, 0) is 35.7 Å². The highest BCUT2D eigenvalue weighted by Gasteiger charge is 2.47. The molecule has 2 aromatic rings. The van der Waals surface area contributed by atoms with Gasteiger partial charge in [0.25, 0.3) is 5.24 Å².